The number of rotatable bonds is 2. The zero-order valence-electron chi connectivity index (χ0n) is 11.3. The molecule has 0 saturated heterocycles. The molecular formula is C16H14N2O2. The molecule has 1 aromatic carbocycles. The number of anilines is 1. The largest absolute Gasteiger partial charge is 0.496 e. The quantitative estimate of drug-likeness (QED) is 0.850. The Hall–Kier alpha value is -2.62. The van der Waals surface area contributed by atoms with E-state index in [1.807, 2.05) is 37.3 Å². The molecule has 0 saturated carbocycles. The predicted octanol–water partition coefficient (Wildman–Crippen LogP) is 2.89. The molecule has 3 rings (SSSR count). The van der Waals surface area contributed by atoms with Crippen LogP contribution in [-0.2, 0) is 4.79 Å². The Morgan fingerprint density at radius 1 is 1.35 bits per heavy atom. The van der Waals surface area contributed by atoms with E-state index < -0.39 is 0 Å². The Kier molecular flexibility index (Phi) is 2.99. The van der Waals surface area contributed by atoms with E-state index in [0.717, 1.165) is 28.1 Å². The summed E-state index contributed by atoms with van der Waals surface area (Å²) < 4.78 is 5.33. The van der Waals surface area contributed by atoms with E-state index in [-0.39, 0.29) is 5.91 Å². The smallest absolute Gasteiger partial charge is 0.256 e. The van der Waals surface area contributed by atoms with Crippen LogP contribution in [0.5, 0.6) is 5.75 Å². The van der Waals surface area contributed by atoms with Gasteiger partial charge in [0.25, 0.3) is 5.91 Å². The fourth-order valence-electron chi connectivity index (χ4n) is 2.32. The summed E-state index contributed by atoms with van der Waals surface area (Å²) in [5.74, 6) is 0.675. The number of fused-ring (bicyclic) bond motifs is 1. The number of ether oxygens (including phenoxy) is 1. The van der Waals surface area contributed by atoms with Crippen molar-refractivity contribution in [1.82, 2.24) is 4.98 Å². The maximum atomic E-state index is 12.1. The lowest BCUT2D eigenvalue weighted by molar-refractivity contribution is -0.110. The first-order chi connectivity index (χ1) is 9.69. The van der Waals surface area contributed by atoms with Crippen LogP contribution in [0, 0.1) is 6.92 Å². The summed E-state index contributed by atoms with van der Waals surface area (Å²) in [6.45, 7) is 1.95. The molecule has 0 bridgehead atoms. The van der Waals surface area contributed by atoms with Crippen LogP contribution in [0.1, 0.15) is 16.7 Å². The zero-order valence-corrected chi connectivity index (χ0v) is 11.3. The van der Waals surface area contributed by atoms with Gasteiger partial charge in [-0.1, -0.05) is 6.07 Å². The van der Waals surface area contributed by atoms with Crippen LogP contribution in [0.2, 0.25) is 0 Å². The molecule has 0 fully saturated rings. The maximum absolute atomic E-state index is 12.1. The summed E-state index contributed by atoms with van der Waals surface area (Å²) in [6, 6.07) is 7.58. The van der Waals surface area contributed by atoms with E-state index in [0.29, 0.717) is 5.57 Å². The van der Waals surface area contributed by atoms with Crippen molar-refractivity contribution in [2.75, 3.05) is 12.4 Å². The minimum absolute atomic E-state index is 0.100. The van der Waals surface area contributed by atoms with Gasteiger partial charge >= 0.3 is 0 Å². The summed E-state index contributed by atoms with van der Waals surface area (Å²) in [4.78, 5) is 16.2. The van der Waals surface area contributed by atoms with Crippen LogP contribution in [0.3, 0.4) is 0 Å². The first-order valence-electron chi connectivity index (χ1n) is 6.31. The molecule has 1 N–H and O–H groups in total. The Bertz CT molecular complexity index is 706. The van der Waals surface area contributed by atoms with E-state index >= 15 is 0 Å². The normalized spacial score (nSPS) is 15.1. The van der Waals surface area contributed by atoms with Crippen molar-refractivity contribution in [3.8, 4) is 5.75 Å². The standard InChI is InChI=1S/C16H14N2O2/c1-10-6-14-12(8-15(10)20-2)13(16(19)18-14)7-11-4-3-5-17-9-11/h3-9H,1-2H3,(H,18,19)/b13-7-. The molecule has 0 atom stereocenters. The van der Waals surface area contributed by atoms with Crippen LogP contribution in [0.4, 0.5) is 5.69 Å². The average molecular weight is 266 g/mol. The lowest BCUT2D eigenvalue weighted by atomic mass is 10.0. The van der Waals surface area contributed by atoms with Crippen LogP contribution in [0.15, 0.2) is 36.7 Å². The Morgan fingerprint density at radius 3 is 2.90 bits per heavy atom. The highest BCUT2D eigenvalue weighted by Crippen LogP contribution is 2.37. The lowest BCUT2D eigenvalue weighted by Crippen LogP contribution is -2.03. The van der Waals surface area contributed by atoms with Gasteiger partial charge in [0.1, 0.15) is 5.75 Å². The Labute approximate surface area is 117 Å². The van der Waals surface area contributed by atoms with E-state index in [2.05, 4.69) is 10.3 Å². The van der Waals surface area contributed by atoms with Crippen molar-refractivity contribution >= 4 is 23.2 Å². The Morgan fingerprint density at radius 2 is 2.20 bits per heavy atom. The molecule has 0 aliphatic carbocycles. The van der Waals surface area contributed by atoms with Gasteiger partial charge in [0.05, 0.1) is 7.11 Å². The second kappa shape index (κ2) is 4.81. The SMILES string of the molecule is COc1cc2c(cc1C)NC(=O)/C2=C\c1cccnc1. The number of amides is 1. The number of hydrogen-bond donors (Lipinski definition) is 1. The molecule has 1 amide bonds. The van der Waals surface area contributed by atoms with Gasteiger partial charge in [-0.3, -0.25) is 9.78 Å². The summed E-state index contributed by atoms with van der Waals surface area (Å²) in [6.07, 6.45) is 5.27. The second-order valence-electron chi connectivity index (χ2n) is 4.67. The van der Waals surface area contributed by atoms with Gasteiger partial charge in [-0.2, -0.15) is 0 Å². The van der Waals surface area contributed by atoms with Gasteiger partial charge in [-0.15, -0.1) is 0 Å². The lowest BCUT2D eigenvalue weighted by Gasteiger charge is -2.07. The number of methoxy groups -OCH3 is 1. The molecule has 0 radical (unpaired) electrons. The van der Waals surface area contributed by atoms with Crippen molar-refractivity contribution in [2.45, 2.75) is 6.92 Å². The molecule has 1 aromatic heterocycles. The molecule has 4 nitrogen and oxygen atoms in total. The molecular weight excluding hydrogens is 252 g/mol. The van der Waals surface area contributed by atoms with Gasteiger partial charge in [0.2, 0.25) is 0 Å². The fourth-order valence-corrected chi connectivity index (χ4v) is 2.32. The van der Waals surface area contributed by atoms with E-state index in [9.17, 15) is 4.79 Å². The number of aromatic nitrogens is 1. The molecule has 100 valence electrons. The molecule has 0 unspecified atom stereocenters. The number of pyridine rings is 1. The number of benzene rings is 1. The first-order valence-corrected chi connectivity index (χ1v) is 6.31. The van der Waals surface area contributed by atoms with Gasteiger partial charge in [0.15, 0.2) is 0 Å². The van der Waals surface area contributed by atoms with Crippen LogP contribution in [-0.4, -0.2) is 18.0 Å². The van der Waals surface area contributed by atoms with Crippen LogP contribution in [0.25, 0.3) is 11.6 Å². The predicted molar refractivity (Wildman–Crippen MR) is 78.5 cm³/mol. The number of carbonyl (C=O) groups excluding carboxylic acids is 1. The third kappa shape index (κ3) is 2.05. The molecule has 2 heterocycles. The van der Waals surface area contributed by atoms with E-state index in [1.165, 1.54) is 0 Å². The number of hydrogen-bond acceptors (Lipinski definition) is 3. The Balaban J connectivity index is 2.12. The number of nitrogens with zero attached hydrogens (tertiary/aromatic N) is 1. The molecule has 0 spiro atoms. The van der Waals surface area contributed by atoms with Gasteiger partial charge in [0, 0.05) is 29.2 Å². The number of carbonyl (C=O) groups is 1. The maximum Gasteiger partial charge on any atom is 0.256 e. The highest BCUT2D eigenvalue weighted by Gasteiger charge is 2.25. The van der Waals surface area contributed by atoms with Gasteiger partial charge < -0.3 is 10.1 Å². The molecule has 1 aliphatic rings. The van der Waals surface area contributed by atoms with Crippen LogP contribution < -0.4 is 10.1 Å². The minimum atomic E-state index is -0.100. The summed E-state index contributed by atoms with van der Waals surface area (Å²) in [5.41, 5.74) is 4.20. The molecule has 20 heavy (non-hydrogen) atoms. The van der Waals surface area contributed by atoms with Crippen molar-refractivity contribution in [2.24, 2.45) is 0 Å². The van der Waals surface area contributed by atoms with Crippen LogP contribution >= 0.6 is 0 Å². The van der Waals surface area contributed by atoms with Gasteiger partial charge in [-0.25, -0.2) is 0 Å². The molecule has 4 heteroatoms. The minimum Gasteiger partial charge on any atom is -0.496 e. The summed E-state index contributed by atoms with van der Waals surface area (Å²) in [7, 11) is 1.63. The van der Waals surface area contributed by atoms with E-state index in [4.69, 9.17) is 4.74 Å². The zero-order chi connectivity index (χ0) is 14.1. The number of nitrogens with one attached hydrogen (secondary N) is 1. The summed E-state index contributed by atoms with van der Waals surface area (Å²) in [5, 5.41) is 2.88. The van der Waals surface area contributed by atoms with Gasteiger partial charge in [-0.05, 0) is 42.3 Å². The van der Waals surface area contributed by atoms with E-state index in [1.54, 1.807) is 19.5 Å². The monoisotopic (exact) mass is 266 g/mol. The molecule has 1 aliphatic heterocycles. The topological polar surface area (TPSA) is 51.2 Å². The average Bonchev–Trinajstić information content (AvgIpc) is 2.74. The molecule has 2 aromatic rings. The van der Waals surface area contributed by atoms with Crippen molar-refractivity contribution in [3.63, 3.8) is 0 Å². The highest BCUT2D eigenvalue weighted by atomic mass is 16.5. The van der Waals surface area contributed by atoms with Crippen molar-refractivity contribution in [1.29, 1.82) is 0 Å². The summed E-state index contributed by atoms with van der Waals surface area (Å²) >= 11 is 0. The van der Waals surface area contributed by atoms with Crippen molar-refractivity contribution in [3.05, 3.63) is 53.3 Å². The number of aryl methyl sites for hydroxylation is 1. The third-order valence-corrected chi connectivity index (χ3v) is 3.31. The van der Waals surface area contributed by atoms with Crippen molar-refractivity contribution < 1.29 is 9.53 Å². The third-order valence-electron chi connectivity index (χ3n) is 3.31. The second-order valence-corrected chi connectivity index (χ2v) is 4.67. The highest BCUT2D eigenvalue weighted by molar-refractivity contribution is 6.35. The fraction of sp³-hybridized carbons (Fsp3) is 0.125. The first kappa shape index (κ1) is 12.4.